The van der Waals surface area contributed by atoms with Crippen molar-refractivity contribution in [2.45, 2.75) is 38.5 Å². The van der Waals surface area contributed by atoms with Gasteiger partial charge in [-0.2, -0.15) is 0 Å². The van der Waals surface area contributed by atoms with Crippen LogP contribution in [0.15, 0.2) is 29.8 Å². The van der Waals surface area contributed by atoms with Crippen molar-refractivity contribution in [3.63, 3.8) is 0 Å². The molecule has 2 aromatic heterocycles. The molecule has 2 aliphatic heterocycles. The van der Waals surface area contributed by atoms with Crippen LogP contribution < -0.4 is 0 Å². The third-order valence-electron chi connectivity index (χ3n) is 4.66. The zero-order chi connectivity index (χ0) is 14.9. The molecule has 0 N–H and O–H groups in total. The van der Waals surface area contributed by atoms with Crippen LogP contribution in [0.2, 0.25) is 0 Å². The first-order valence-corrected chi connectivity index (χ1v) is 8.85. The molecule has 0 radical (unpaired) electrons. The molecule has 116 valence electrons. The van der Waals surface area contributed by atoms with Gasteiger partial charge in [0.1, 0.15) is 11.1 Å². The molecular formula is C17H21N3OS. The van der Waals surface area contributed by atoms with Gasteiger partial charge in [0.05, 0.1) is 11.8 Å². The smallest absolute Gasteiger partial charge is 0.122 e. The molecule has 22 heavy (non-hydrogen) atoms. The van der Waals surface area contributed by atoms with Crippen molar-refractivity contribution in [1.82, 2.24) is 14.9 Å². The van der Waals surface area contributed by atoms with Crippen LogP contribution in [0.25, 0.3) is 0 Å². The maximum Gasteiger partial charge on any atom is 0.122 e. The first-order chi connectivity index (χ1) is 10.8. The summed E-state index contributed by atoms with van der Waals surface area (Å²) < 4.78 is 6.32. The Morgan fingerprint density at radius 2 is 2.36 bits per heavy atom. The van der Waals surface area contributed by atoms with Gasteiger partial charge in [0, 0.05) is 30.4 Å². The van der Waals surface area contributed by atoms with Crippen molar-refractivity contribution < 1.29 is 4.74 Å². The number of hydrogen-bond acceptors (Lipinski definition) is 5. The van der Waals surface area contributed by atoms with Gasteiger partial charge in [-0.05, 0) is 44.4 Å². The maximum atomic E-state index is 6.32. The Hall–Kier alpha value is -1.30. The highest BCUT2D eigenvalue weighted by molar-refractivity contribution is 7.09. The second kappa shape index (κ2) is 6.07. The van der Waals surface area contributed by atoms with E-state index < -0.39 is 0 Å². The molecule has 2 saturated heterocycles. The Morgan fingerprint density at radius 3 is 3.14 bits per heavy atom. The number of pyridine rings is 1. The van der Waals surface area contributed by atoms with Gasteiger partial charge in [-0.25, -0.2) is 4.98 Å². The first kappa shape index (κ1) is 14.3. The third kappa shape index (κ3) is 2.93. The zero-order valence-electron chi connectivity index (χ0n) is 12.8. The second-order valence-electron chi connectivity index (χ2n) is 6.33. The first-order valence-electron chi connectivity index (χ1n) is 7.97. The number of likely N-dealkylation sites (tertiary alicyclic amines) is 1. The molecule has 4 rings (SSSR count). The molecule has 4 nitrogen and oxygen atoms in total. The summed E-state index contributed by atoms with van der Waals surface area (Å²) in [7, 11) is 0. The van der Waals surface area contributed by atoms with Gasteiger partial charge in [0.2, 0.25) is 0 Å². The molecule has 3 atom stereocenters. The van der Waals surface area contributed by atoms with E-state index in [0.717, 1.165) is 42.5 Å². The lowest BCUT2D eigenvalue weighted by Crippen LogP contribution is -2.41. The predicted octanol–water partition coefficient (Wildman–Crippen LogP) is 3.20. The number of thiazole rings is 1. The quantitative estimate of drug-likeness (QED) is 0.872. The Bertz CT molecular complexity index is 630. The van der Waals surface area contributed by atoms with Crippen LogP contribution in [0, 0.1) is 12.8 Å². The van der Waals surface area contributed by atoms with E-state index in [-0.39, 0.29) is 6.10 Å². The Morgan fingerprint density at radius 1 is 1.41 bits per heavy atom. The van der Waals surface area contributed by atoms with Crippen LogP contribution in [0.1, 0.15) is 35.3 Å². The van der Waals surface area contributed by atoms with E-state index in [0.29, 0.717) is 12.0 Å². The van der Waals surface area contributed by atoms with Crippen molar-refractivity contribution in [2.24, 2.45) is 5.92 Å². The number of ether oxygens (including phenoxy) is 1. The summed E-state index contributed by atoms with van der Waals surface area (Å²) in [5.41, 5.74) is 2.25. The molecule has 4 heterocycles. The van der Waals surface area contributed by atoms with Gasteiger partial charge in [-0.15, -0.1) is 11.3 Å². The molecule has 0 spiro atoms. The molecule has 0 aliphatic carbocycles. The third-order valence-corrected chi connectivity index (χ3v) is 5.71. The van der Waals surface area contributed by atoms with Crippen LogP contribution in [-0.2, 0) is 11.3 Å². The number of piperidine rings is 1. The summed E-state index contributed by atoms with van der Waals surface area (Å²) in [5.74, 6) is 0.689. The lowest BCUT2D eigenvalue weighted by Gasteiger charge is -2.33. The summed E-state index contributed by atoms with van der Waals surface area (Å²) in [5, 5.41) is 3.27. The largest absolute Gasteiger partial charge is 0.366 e. The van der Waals surface area contributed by atoms with Crippen molar-refractivity contribution in [3.05, 3.63) is 46.2 Å². The number of fused-ring (bicyclic) bond motifs is 1. The van der Waals surface area contributed by atoms with Crippen molar-refractivity contribution in [2.75, 3.05) is 13.1 Å². The summed E-state index contributed by atoms with van der Waals surface area (Å²) in [6, 6.07) is 6.13. The molecule has 5 heteroatoms. The topological polar surface area (TPSA) is 38.2 Å². The van der Waals surface area contributed by atoms with E-state index in [1.165, 1.54) is 6.42 Å². The molecule has 2 aliphatic rings. The fraction of sp³-hybridized carbons (Fsp3) is 0.529. The minimum absolute atomic E-state index is 0.212. The van der Waals surface area contributed by atoms with Gasteiger partial charge in [-0.1, -0.05) is 6.07 Å². The van der Waals surface area contributed by atoms with E-state index >= 15 is 0 Å². The fourth-order valence-electron chi connectivity index (χ4n) is 3.54. The van der Waals surface area contributed by atoms with Crippen molar-refractivity contribution in [3.8, 4) is 0 Å². The molecular weight excluding hydrogens is 294 g/mol. The van der Waals surface area contributed by atoms with Crippen LogP contribution >= 0.6 is 11.3 Å². The highest BCUT2D eigenvalue weighted by atomic mass is 32.1. The molecule has 0 aromatic carbocycles. The Labute approximate surface area is 135 Å². The maximum absolute atomic E-state index is 6.32. The van der Waals surface area contributed by atoms with Crippen LogP contribution in [0.4, 0.5) is 0 Å². The number of hydrogen-bond donors (Lipinski definition) is 0. The Balaban J connectivity index is 1.39. The standard InChI is InChI=1S/C17H21N3OS/c1-12-11-22-17(19-12)15-8-13-5-7-20(10-16(13)21-15)9-14-4-2-3-6-18-14/h2-4,6,11,13,15-16H,5,7-10H2,1H3/t13-,15-,16+/m0/s1. The SMILES string of the molecule is Cc1csc([C@@H]2C[C@@H]3CCN(Cc4ccccn4)C[C@H]3O2)n1. The van der Waals surface area contributed by atoms with Crippen LogP contribution in [0.3, 0.4) is 0 Å². The average Bonchev–Trinajstić information content (AvgIpc) is 3.14. The molecule has 0 bridgehead atoms. The van der Waals surface area contributed by atoms with Crippen LogP contribution in [0.5, 0.6) is 0 Å². The number of aryl methyl sites for hydroxylation is 1. The number of rotatable bonds is 3. The number of nitrogens with zero attached hydrogens (tertiary/aromatic N) is 3. The van der Waals surface area contributed by atoms with E-state index in [2.05, 4.69) is 39.3 Å². The van der Waals surface area contributed by atoms with E-state index in [4.69, 9.17) is 4.74 Å². The lowest BCUT2D eigenvalue weighted by molar-refractivity contribution is -0.00968. The molecule has 2 fully saturated rings. The van der Waals surface area contributed by atoms with E-state index in [9.17, 15) is 0 Å². The molecule has 0 saturated carbocycles. The zero-order valence-corrected chi connectivity index (χ0v) is 13.6. The second-order valence-corrected chi connectivity index (χ2v) is 7.22. The minimum Gasteiger partial charge on any atom is -0.366 e. The molecule has 2 aromatic rings. The Kier molecular flexibility index (Phi) is 3.94. The van der Waals surface area contributed by atoms with Gasteiger partial charge < -0.3 is 4.74 Å². The molecule has 0 unspecified atom stereocenters. The van der Waals surface area contributed by atoms with Gasteiger partial charge in [0.25, 0.3) is 0 Å². The van der Waals surface area contributed by atoms with Crippen LogP contribution in [-0.4, -0.2) is 34.1 Å². The summed E-state index contributed by atoms with van der Waals surface area (Å²) in [6.45, 7) is 5.14. The monoisotopic (exact) mass is 315 g/mol. The normalized spacial score (nSPS) is 28.7. The predicted molar refractivity (Wildman–Crippen MR) is 86.7 cm³/mol. The van der Waals surface area contributed by atoms with E-state index in [1.54, 1.807) is 11.3 Å². The average molecular weight is 315 g/mol. The highest BCUT2D eigenvalue weighted by Crippen LogP contribution is 2.41. The van der Waals surface area contributed by atoms with Crippen molar-refractivity contribution in [1.29, 1.82) is 0 Å². The summed E-state index contributed by atoms with van der Waals surface area (Å²) in [4.78, 5) is 11.5. The van der Waals surface area contributed by atoms with Crippen molar-refractivity contribution >= 4 is 11.3 Å². The summed E-state index contributed by atoms with van der Waals surface area (Å²) >= 11 is 1.74. The fourth-order valence-corrected chi connectivity index (χ4v) is 4.38. The summed E-state index contributed by atoms with van der Waals surface area (Å²) in [6.07, 6.45) is 4.79. The van der Waals surface area contributed by atoms with Gasteiger partial charge in [-0.3, -0.25) is 9.88 Å². The lowest BCUT2D eigenvalue weighted by atomic mass is 9.92. The highest BCUT2D eigenvalue weighted by Gasteiger charge is 2.40. The molecule has 0 amide bonds. The van der Waals surface area contributed by atoms with Gasteiger partial charge in [0.15, 0.2) is 0 Å². The minimum atomic E-state index is 0.212. The van der Waals surface area contributed by atoms with E-state index in [1.807, 2.05) is 12.3 Å². The number of aromatic nitrogens is 2. The van der Waals surface area contributed by atoms with Gasteiger partial charge >= 0.3 is 0 Å².